The summed E-state index contributed by atoms with van der Waals surface area (Å²) in [4.78, 5) is 42.1. The normalized spacial score (nSPS) is 20.8. The number of carbonyl (C=O) groups is 3. The summed E-state index contributed by atoms with van der Waals surface area (Å²) in [6.45, 7) is -0.176. The number of carbonyl (C=O) groups excluding carboxylic acids is 3. The average Bonchev–Trinajstić information content (AvgIpc) is 3.29. The van der Waals surface area contributed by atoms with E-state index in [1.807, 2.05) is 12.2 Å². The highest BCUT2D eigenvalue weighted by molar-refractivity contribution is 6.30. The van der Waals surface area contributed by atoms with Crippen LogP contribution in [0.3, 0.4) is 0 Å². The van der Waals surface area contributed by atoms with Gasteiger partial charge in [0.15, 0.2) is 6.61 Å². The van der Waals surface area contributed by atoms with Crippen molar-refractivity contribution in [3.8, 4) is 11.4 Å². The lowest BCUT2D eigenvalue weighted by Crippen LogP contribution is -2.33. The van der Waals surface area contributed by atoms with Crippen molar-refractivity contribution in [2.24, 2.45) is 11.8 Å². The maximum absolute atomic E-state index is 12.4. The highest BCUT2D eigenvalue weighted by atomic mass is 35.5. The van der Waals surface area contributed by atoms with Gasteiger partial charge in [-0.3, -0.25) is 19.3 Å². The summed E-state index contributed by atoms with van der Waals surface area (Å²) in [5.74, 6) is -1.10. The molecule has 1 saturated heterocycles. The predicted molar refractivity (Wildman–Crippen MR) is 101 cm³/mol. The molecule has 2 aromatic rings. The minimum atomic E-state index is -0.555. The molecule has 1 aromatic carbocycles. The highest BCUT2D eigenvalue weighted by Crippen LogP contribution is 2.35. The SMILES string of the molecule is O=C(CCN1C(=O)C2CC=CCC2C1=O)OCc1nc(-c2cccc(Cl)c2)no1. The van der Waals surface area contributed by atoms with Crippen molar-refractivity contribution in [1.82, 2.24) is 15.0 Å². The zero-order valence-electron chi connectivity index (χ0n) is 15.4. The Kier molecular flexibility index (Phi) is 5.44. The molecule has 2 atom stereocenters. The number of likely N-dealkylation sites (tertiary alicyclic amines) is 1. The smallest absolute Gasteiger partial charge is 0.308 e. The van der Waals surface area contributed by atoms with Gasteiger partial charge in [-0.1, -0.05) is 41.0 Å². The number of allylic oxidation sites excluding steroid dienone is 2. The zero-order valence-corrected chi connectivity index (χ0v) is 16.2. The van der Waals surface area contributed by atoms with Crippen LogP contribution in [0.5, 0.6) is 0 Å². The highest BCUT2D eigenvalue weighted by Gasteiger charge is 2.46. The quantitative estimate of drug-likeness (QED) is 0.406. The summed E-state index contributed by atoms with van der Waals surface area (Å²) in [6, 6.07) is 6.97. The minimum absolute atomic E-state index is 0.0150. The molecule has 8 nitrogen and oxygen atoms in total. The number of esters is 1. The number of fused-ring (bicyclic) bond motifs is 1. The van der Waals surface area contributed by atoms with Crippen LogP contribution in [-0.4, -0.2) is 39.4 Å². The fourth-order valence-corrected chi connectivity index (χ4v) is 3.76. The average molecular weight is 416 g/mol. The predicted octanol–water partition coefficient (Wildman–Crippen LogP) is 2.77. The van der Waals surface area contributed by atoms with Crippen LogP contribution in [0.4, 0.5) is 0 Å². The fourth-order valence-electron chi connectivity index (χ4n) is 3.57. The molecule has 2 aliphatic rings. The summed E-state index contributed by atoms with van der Waals surface area (Å²) in [5.41, 5.74) is 0.681. The molecule has 1 aliphatic heterocycles. The molecule has 2 heterocycles. The number of amides is 2. The van der Waals surface area contributed by atoms with Gasteiger partial charge in [-0.2, -0.15) is 4.98 Å². The summed E-state index contributed by atoms with van der Waals surface area (Å²) in [5, 5.41) is 4.38. The maximum atomic E-state index is 12.4. The van der Waals surface area contributed by atoms with E-state index in [1.165, 1.54) is 4.90 Å². The van der Waals surface area contributed by atoms with Gasteiger partial charge in [0.2, 0.25) is 17.6 Å². The molecular weight excluding hydrogens is 398 g/mol. The number of nitrogens with zero attached hydrogens (tertiary/aromatic N) is 3. The van der Waals surface area contributed by atoms with Gasteiger partial charge in [0, 0.05) is 17.1 Å². The van der Waals surface area contributed by atoms with Crippen molar-refractivity contribution in [3.05, 3.63) is 47.3 Å². The Morgan fingerprint density at radius 3 is 2.62 bits per heavy atom. The second-order valence-electron chi connectivity index (χ2n) is 6.92. The van der Waals surface area contributed by atoms with Crippen molar-refractivity contribution < 1.29 is 23.6 Å². The number of hydrogen-bond acceptors (Lipinski definition) is 7. The van der Waals surface area contributed by atoms with Crippen LogP contribution in [0.2, 0.25) is 5.02 Å². The third-order valence-electron chi connectivity index (χ3n) is 5.05. The first-order valence-corrected chi connectivity index (χ1v) is 9.65. The molecule has 4 rings (SSSR count). The van der Waals surface area contributed by atoms with Gasteiger partial charge in [-0.05, 0) is 25.0 Å². The van der Waals surface area contributed by atoms with Crippen molar-refractivity contribution in [1.29, 1.82) is 0 Å². The number of halogens is 1. The molecule has 0 spiro atoms. The molecule has 2 amide bonds. The zero-order chi connectivity index (χ0) is 20.4. The Morgan fingerprint density at radius 2 is 1.93 bits per heavy atom. The Morgan fingerprint density at radius 1 is 1.21 bits per heavy atom. The van der Waals surface area contributed by atoms with Gasteiger partial charge in [0.1, 0.15) is 0 Å². The summed E-state index contributed by atoms with van der Waals surface area (Å²) < 4.78 is 10.2. The summed E-state index contributed by atoms with van der Waals surface area (Å²) in [6.07, 6.45) is 4.91. The number of hydrogen-bond donors (Lipinski definition) is 0. The molecule has 9 heteroatoms. The molecule has 1 aromatic heterocycles. The lowest BCUT2D eigenvalue weighted by Gasteiger charge is -2.14. The van der Waals surface area contributed by atoms with Crippen LogP contribution in [0.15, 0.2) is 40.9 Å². The Hall–Kier alpha value is -3.00. The number of rotatable bonds is 6. The fraction of sp³-hybridized carbons (Fsp3) is 0.350. The van der Waals surface area contributed by atoms with Crippen LogP contribution in [0.1, 0.15) is 25.2 Å². The van der Waals surface area contributed by atoms with Crippen molar-refractivity contribution in [3.63, 3.8) is 0 Å². The molecule has 29 heavy (non-hydrogen) atoms. The Balaban J connectivity index is 1.28. The monoisotopic (exact) mass is 415 g/mol. The second-order valence-corrected chi connectivity index (χ2v) is 7.35. The summed E-state index contributed by atoms with van der Waals surface area (Å²) >= 11 is 5.94. The third-order valence-corrected chi connectivity index (χ3v) is 5.28. The van der Waals surface area contributed by atoms with Crippen LogP contribution in [0.25, 0.3) is 11.4 Å². The van der Waals surface area contributed by atoms with Gasteiger partial charge in [-0.25, -0.2) is 0 Å². The summed E-state index contributed by atoms with van der Waals surface area (Å²) in [7, 11) is 0. The second kappa shape index (κ2) is 8.16. The van der Waals surface area contributed by atoms with E-state index in [9.17, 15) is 14.4 Å². The first-order valence-electron chi connectivity index (χ1n) is 9.27. The van der Waals surface area contributed by atoms with Gasteiger partial charge >= 0.3 is 5.97 Å². The first kappa shape index (κ1) is 19.3. The van der Waals surface area contributed by atoms with Gasteiger partial charge < -0.3 is 9.26 Å². The molecular formula is C20H18ClN3O5. The van der Waals surface area contributed by atoms with Crippen LogP contribution in [0, 0.1) is 11.8 Å². The molecule has 2 unspecified atom stereocenters. The molecule has 150 valence electrons. The van der Waals surface area contributed by atoms with E-state index in [4.69, 9.17) is 20.9 Å². The van der Waals surface area contributed by atoms with E-state index in [1.54, 1.807) is 24.3 Å². The van der Waals surface area contributed by atoms with Crippen LogP contribution in [-0.2, 0) is 25.7 Å². The number of aromatic nitrogens is 2. The molecule has 1 fully saturated rings. The minimum Gasteiger partial charge on any atom is -0.456 e. The lowest BCUT2D eigenvalue weighted by molar-refractivity contribution is -0.147. The Labute approximate surface area is 171 Å². The van der Waals surface area contributed by atoms with Crippen molar-refractivity contribution >= 4 is 29.4 Å². The number of imide groups is 1. The third kappa shape index (κ3) is 4.07. The van der Waals surface area contributed by atoms with E-state index < -0.39 is 5.97 Å². The number of benzene rings is 1. The van der Waals surface area contributed by atoms with Crippen LogP contribution >= 0.6 is 11.6 Å². The van der Waals surface area contributed by atoms with E-state index in [0.717, 1.165) is 0 Å². The van der Waals surface area contributed by atoms with E-state index in [0.29, 0.717) is 29.3 Å². The maximum Gasteiger partial charge on any atom is 0.308 e. The van der Waals surface area contributed by atoms with E-state index >= 15 is 0 Å². The number of ether oxygens (including phenoxy) is 1. The van der Waals surface area contributed by atoms with Crippen molar-refractivity contribution in [2.45, 2.75) is 25.9 Å². The largest absolute Gasteiger partial charge is 0.456 e. The van der Waals surface area contributed by atoms with Gasteiger partial charge in [0.05, 0.1) is 18.3 Å². The molecule has 0 bridgehead atoms. The van der Waals surface area contributed by atoms with E-state index in [2.05, 4.69) is 10.1 Å². The topological polar surface area (TPSA) is 103 Å². The standard InChI is InChI=1S/C20H18ClN3O5/c21-13-5-3-4-12(10-13)18-22-16(29-23-18)11-28-17(25)8-9-24-19(26)14-6-1-2-7-15(14)20(24)27/h1-5,10,14-15H,6-9,11H2. The first-order chi connectivity index (χ1) is 14.0. The molecule has 0 saturated carbocycles. The van der Waals surface area contributed by atoms with Gasteiger partial charge in [-0.15, -0.1) is 0 Å². The van der Waals surface area contributed by atoms with Crippen molar-refractivity contribution in [2.75, 3.05) is 6.54 Å². The van der Waals surface area contributed by atoms with Gasteiger partial charge in [0.25, 0.3) is 5.89 Å². The van der Waals surface area contributed by atoms with E-state index in [-0.39, 0.29) is 49.1 Å². The lowest BCUT2D eigenvalue weighted by atomic mass is 9.85. The molecule has 1 aliphatic carbocycles. The van der Waals surface area contributed by atoms with Crippen LogP contribution < -0.4 is 0 Å². The Bertz CT molecular complexity index is 960. The molecule has 0 N–H and O–H groups in total. The molecule has 0 radical (unpaired) electrons.